The molecule has 194 valence electrons. The predicted octanol–water partition coefficient (Wildman–Crippen LogP) is 5.57. The number of unbranched alkanes of at least 4 members (excludes halogenated alkanes) is 3. The van der Waals surface area contributed by atoms with Crippen LogP contribution in [0.25, 0.3) is 5.32 Å². The Hall–Kier alpha value is -3.23. The predicted molar refractivity (Wildman–Crippen MR) is 137 cm³/mol. The number of carbonyl (C=O) groups is 3. The second kappa shape index (κ2) is 15.0. The highest BCUT2D eigenvalue weighted by Gasteiger charge is 2.22. The summed E-state index contributed by atoms with van der Waals surface area (Å²) in [5.74, 6) is -0.807. The average Bonchev–Trinajstić information content (AvgIpc) is 3.40. The molecule has 1 fully saturated rings. The lowest BCUT2D eigenvalue weighted by Crippen LogP contribution is -2.21. The van der Waals surface area contributed by atoms with Gasteiger partial charge in [0.25, 0.3) is 5.97 Å². The molecule has 0 radical (unpaired) electrons. The van der Waals surface area contributed by atoms with Gasteiger partial charge < -0.3 is 15.4 Å². The first-order valence-electron chi connectivity index (χ1n) is 12.8. The van der Waals surface area contributed by atoms with Crippen molar-refractivity contribution < 1.29 is 24.3 Å². The third-order valence-corrected chi connectivity index (χ3v) is 6.34. The fraction of sp³-hybridized carbons (Fsp3) is 0.464. The first-order chi connectivity index (χ1) is 17.6. The van der Waals surface area contributed by atoms with E-state index in [1.165, 1.54) is 0 Å². The first-order valence-corrected chi connectivity index (χ1v) is 12.8. The Morgan fingerprint density at radius 3 is 2.22 bits per heavy atom. The number of amides is 2. The number of anilines is 1. The summed E-state index contributed by atoms with van der Waals surface area (Å²) in [5, 5.41) is 16.2. The van der Waals surface area contributed by atoms with Gasteiger partial charge in [-0.15, -0.1) is 6.54 Å². The second-order valence-corrected chi connectivity index (χ2v) is 9.15. The molecule has 36 heavy (non-hydrogen) atoms. The summed E-state index contributed by atoms with van der Waals surface area (Å²) in [4.78, 5) is 36.5. The maximum absolute atomic E-state index is 13.0. The van der Waals surface area contributed by atoms with E-state index in [-0.39, 0.29) is 30.9 Å². The van der Waals surface area contributed by atoms with E-state index in [1.807, 2.05) is 54.6 Å². The molecule has 2 amide bonds. The van der Waals surface area contributed by atoms with Gasteiger partial charge >= 0.3 is 0 Å². The number of nitrogens with zero attached hydrogens (tertiary/aromatic N) is 1. The number of hydrogen-bond acceptors (Lipinski definition) is 5. The van der Waals surface area contributed by atoms with Gasteiger partial charge in [-0.1, -0.05) is 66.9 Å². The Balaban J connectivity index is 1.53. The quantitative estimate of drug-likeness (QED) is 0.137. The Bertz CT molecular complexity index is 976. The molecule has 0 saturated heterocycles. The third kappa shape index (κ3) is 9.09. The fourth-order valence-electron chi connectivity index (χ4n) is 4.35. The minimum Gasteiger partial charge on any atom is -0.643 e. The lowest BCUT2D eigenvalue weighted by atomic mass is 10.1. The Morgan fingerprint density at radius 2 is 1.53 bits per heavy atom. The Morgan fingerprint density at radius 1 is 0.889 bits per heavy atom. The van der Waals surface area contributed by atoms with E-state index < -0.39 is 11.9 Å². The minimum absolute atomic E-state index is 0.0303. The van der Waals surface area contributed by atoms with Crippen molar-refractivity contribution in [1.82, 2.24) is 5.48 Å². The molecular formula is C28H36N3O5-. The number of carbonyl (C=O) groups excluding carboxylic acids is 3. The van der Waals surface area contributed by atoms with Crippen molar-refractivity contribution in [2.24, 2.45) is 0 Å². The van der Waals surface area contributed by atoms with Crippen molar-refractivity contribution in [2.45, 2.75) is 82.9 Å². The molecule has 8 nitrogen and oxygen atoms in total. The van der Waals surface area contributed by atoms with Gasteiger partial charge in [0, 0.05) is 18.5 Å². The largest absolute Gasteiger partial charge is 0.643 e. The van der Waals surface area contributed by atoms with Gasteiger partial charge in [0.2, 0.25) is 11.8 Å². The molecule has 2 aromatic carbocycles. The summed E-state index contributed by atoms with van der Waals surface area (Å²) in [6.07, 6.45) is 7.61. The summed E-state index contributed by atoms with van der Waals surface area (Å²) in [7, 11) is 0. The summed E-state index contributed by atoms with van der Waals surface area (Å²) in [6.45, 7) is 0.267. The van der Waals surface area contributed by atoms with E-state index in [2.05, 4.69) is 5.32 Å². The van der Waals surface area contributed by atoms with Crippen LogP contribution in [0.4, 0.5) is 5.69 Å². The van der Waals surface area contributed by atoms with Gasteiger partial charge in [0.05, 0.1) is 0 Å². The lowest BCUT2D eigenvalue weighted by Gasteiger charge is -2.32. The molecule has 8 heteroatoms. The summed E-state index contributed by atoms with van der Waals surface area (Å²) in [5.41, 5.74) is 3.92. The van der Waals surface area contributed by atoms with Gasteiger partial charge in [-0.25, -0.2) is 5.48 Å². The van der Waals surface area contributed by atoms with Crippen molar-refractivity contribution >= 4 is 23.5 Å². The molecule has 1 unspecified atom stereocenters. The van der Waals surface area contributed by atoms with Crippen molar-refractivity contribution in [3.05, 3.63) is 71.0 Å². The van der Waals surface area contributed by atoms with E-state index in [0.717, 1.165) is 49.7 Å². The fourth-order valence-corrected chi connectivity index (χ4v) is 4.35. The van der Waals surface area contributed by atoms with Gasteiger partial charge in [-0.2, -0.15) is 0 Å². The van der Waals surface area contributed by atoms with Crippen LogP contribution in [0.5, 0.6) is 0 Å². The monoisotopic (exact) mass is 494 g/mol. The highest BCUT2D eigenvalue weighted by molar-refractivity contribution is 5.91. The van der Waals surface area contributed by atoms with E-state index in [0.29, 0.717) is 24.9 Å². The molecule has 0 heterocycles. The van der Waals surface area contributed by atoms with Crippen LogP contribution in [-0.4, -0.2) is 29.1 Å². The highest BCUT2D eigenvalue weighted by atomic mass is 16.5. The molecule has 0 spiro atoms. The van der Waals surface area contributed by atoms with Crippen LogP contribution in [0.3, 0.4) is 0 Å². The number of nitrogens with one attached hydrogen (secondary N) is 2. The molecule has 3 N–H and O–H groups in total. The number of para-hydroxylation sites is 1. The molecule has 1 atom stereocenters. The smallest absolute Gasteiger partial charge is 0.292 e. The number of rotatable bonds is 14. The summed E-state index contributed by atoms with van der Waals surface area (Å²) < 4.78 is 5.77. The zero-order valence-corrected chi connectivity index (χ0v) is 20.7. The van der Waals surface area contributed by atoms with E-state index in [1.54, 1.807) is 5.48 Å². The normalized spacial score (nSPS) is 14.2. The molecule has 2 aromatic rings. The molecule has 1 aliphatic carbocycles. The van der Waals surface area contributed by atoms with Crippen molar-refractivity contribution in [2.75, 3.05) is 5.32 Å². The second-order valence-electron chi connectivity index (χ2n) is 9.15. The van der Waals surface area contributed by atoms with E-state index >= 15 is 0 Å². The number of benzene rings is 2. The van der Waals surface area contributed by atoms with Gasteiger partial charge in [-0.05, 0) is 56.2 Å². The number of hydroxylamine groups is 1. The molecule has 0 aliphatic heterocycles. The van der Waals surface area contributed by atoms with Crippen LogP contribution in [0, 0.1) is 0 Å². The summed E-state index contributed by atoms with van der Waals surface area (Å²) >= 11 is 0. The molecule has 1 saturated carbocycles. The molecular weight excluding hydrogens is 458 g/mol. The molecule has 0 bridgehead atoms. The zero-order valence-electron chi connectivity index (χ0n) is 20.7. The number of ether oxygens (including phenoxy) is 1. The minimum atomic E-state index is -0.719. The average molecular weight is 495 g/mol. The molecule has 3 rings (SSSR count). The first kappa shape index (κ1) is 27.4. The van der Waals surface area contributed by atoms with Crippen molar-refractivity contribution in [1.29, 1.82) is 0 Å². The Labute approximate surface area is 212 Å². The van der Waals surface area contributed by atoms with Crippen LogP contribution >= 0.6 is 0 Å². The topological polar surface area (TPSA) is 119 Å². The van der Waals surface area contributed by atoms with E-state index in [9.17, 15) is 14.4 Å². The van der Waals surface area contributed by atoms with Gasteiger partial charge in [0.1, 0.15) is 6.10 Å². The van der Waals surface area contributed by atoms with Crippen molar-refractivity contribution in [3.63, 3.8) is 0 Å². The summed E-state index contributed by atoms with van der Waals surface area (Å²) in [6, 6.07) is 16.2. The van der Waals surface area contributed by atoms with Crippen LogP contribution in [0.1, 0.15) is 81.4 Å². The lowest BCUT2D eigenvalue weighted by molar-refractivity contribution is -0.149. The van der Waals surface area contributed by atoms with Crippen LogP contribution in [-0.2, 0) is 25.7 Å². The number of hydrogen-bond donors (Lipinski definition) is 3. The number of esters is 1. The zero-order chi connectivity index (χ0) is 25.6. The van der Waals surface area contributed by atoms with E-state index in [4.69, 9.17) is 15.3 Å². The maximum Gasteiger partial charge on any atom is 0.292 e. The van der Waals surface area contributed by atoms with Crippen LogP contribution < -0.4 is 10.8 Å². The standard InChI is InChI=1S/C28H36N3O5/c32-25(18-6-1-2-7-19-26(33)31-35)30-24-17-11-8-14-22(24)20-29-27(21-12-4-3-5-13-21)28(34)36-23-15-9-10-16-23/h3-5,8,11-14,17,23,27,35H,1-2,6-7,9-10,15-16,18-20H2,(H,30,32)(H,31,33)/q-1. The van der Waals surface area contributed by atoms with Gasteiger partial charge in [0.15, 0.2) is 0 Å². The Kier molecular flexibility index (Phi) is 11.4. The van der Waals surface area contributed by atoms with Crippen molar-refractivity contribution in [3.8, 4) is 0 Å². The highest BCUT2D eigenvalue weighted by Crippen LogP contribution is 2.30. The third-order valence-electron chi connectivity index (χ3n) is 6.34. The van der Waals surface area contributed by atoms with Gasteiger partial charge in [-0.3, -0.25) is 19.6 Å². The molecule has 0 aromatic heterocycles. The van der Waals surface area contributed by atoms with Crippen LogP contribution in [0.15, 0.2) is 54.6 Å². The van der Waals surface area contributed by atoms with Crippen LogP contribution in [0.2, 0.25) is 0 Å². The maximum atomic E-state index is 13.0. The molecule has 1 aliphatic rings. The SMILES string of the molecule is O=C(CCCCCCC(=O)Nc1ccccc1C[N-]C(C(=O)OC1CCCC1)c1ccccc1)NO.